The quantitative estimate of drug-likeness (QED) is 0.687. The highest BCUT2D eigenvalue weighted by Gasteiger charge is 2.09. The molecule has 5 nitrogen and oxygen atoms in total. The van der Waals surface area contributed by atoms with Crippen molar-refractivity contribution in [3.05, 3.63) is 24.3 Å². The van der Waals surface area contributed by atoms with Crippen LogP contribution in [0.15, 0.2) is 24.3 Å². The third-order valence-corrected chi connectivity index (χ3v) is 2.24. The van der Waals surface area contributed by atoms with Gasteiger partial charge in [-0.2, -0.15) is 0 Å². The highest BCUT2D eigenvalue weighted by molar-refractivity contribution is 5.67. The number of rotatable bonds is 7. The Morgan fingerprint density at radius 2 is 2.11 bits per heavy atom. The molecule has 0 aliphatic carbocycles. The van der Waals surface area contributed by atoms with Crippen molar-refractivity contribution in [3.8, 4) is 5.75 Å². The van der Waals surface area contributed by atoms with Gasteiger partial charge in [-0.1, -0.05) is 12.1 Å². The zero-order valence-electron chi connectivity index (χ0n) is 10.7. The Morgan fingerprint density at radius 1 is 1.44 bits per heavy atom. The molecule has 100 valence electrons. The van der Waals surface area contributed by atoms with Gasteiger partial charge in [0.15, 0.2) is 0 Å². The molecule has 0 aliphatic heterocycles. The summed E-state index contributed by atoms with van der Waals surface area (Å²) in [5.41, 5.74) is 6.52. The lowest BCUT2D eigenvalue weighted by Gasteiger charge is -2.17. The van der Waals surface area contributed by atoms with Crippen LogP contribution in [-0.4, -0.2) is 29.8 Å². The number of anilines is 1. The maximum absolute atomic E-state index is 10.5. The second-order valence-corrected chi connectivity index (χ2v) is 4.40. The van der Waals surface area contributed by atoms with Crippen molar-refractivity contribution in [2.45, 2.75) is 32.4 Å². The number of nitrogens with one attached hydrogen (secondary N) is 1. The van der Waals surface area contributed by atoms with Crippen LogP contribution in [0.4, 0.5) is 5.69 Å². The van der Waals surface area contributed by atoms with Gasteiger partial charge < -0.3 is 20.9 Å². The molecule has 18 heavy (non-hydrogen) atoms. The molecule has 0 aromatic heterocycles. The topological polar surface area (TPSA) is 84.6 Å². The first-order chi connectivity index (χ1) is 8.49. The van der Waals surface area contributed by atoms with Crippen LogP contribution in [0.25, 0.3) is 0 Å². The summed E-state index contributed by atoms with van der Waals surface area (Å²) in [6, 6.07) is 7.10. The summed E-state index contributed by atoms with van der Waals surface area (Å²) in [5.74, 6) is -0.147. The zero-order valence-corrected chi connectivity index (χ0v) is 10.7. The summed E-state index contributed by atoms with van der Waals surface area (Å²) in [5, 5.41) is 11.7. The van der Waals surface area contributed by atoms with Crippen molar-refractivity contribution in [3.63, 3.8) is 0 Å². The number of benzene rings is 1. The Kier molecular flexibility index (Phi) is 5.45. The van der Waals surface area contributed by atoms with Gasteiger partial charge in [0.1, 0.15) is 5.75 Å². The van der Waals surface area contributed by atoms with E-state index in [1.807, 2.05) is 38.1 Å². The standard InChI is InChI=1S/C13H20N2O3/c1-9(2)18-12-6-4-3-5-11(12)15-8-10(14)7-13(16)17/h3-6,9-10,15H,7-8,14H2,1-2H3,(H,16,17). The number of nitrogens with two attached hydrogens (primary N) is 1. The summed E-state index contributed by atoms with van der Waals surface area (Å²) in [6.07, 6.45) is 0.0286. The van der Waals surface area contributed by atoms with Crippen LogP contribution in [0.2, 0.25) is 0 Å². The lowest BCUT2D eigenvalue weighted by Crippen LogP contribution is -2.31. The van der Waals surface area contributed by atoms with Crippen molar-refractivity contribution in [1.82, 2.24) is 0 Å². The highest BCUT2D eigenvalue weighted by Crippen LogP contribution is 2.24. The minimum Gasteiger partial charge on any atom is -0.489 e. The largest absolute Gasteiger partial charge is 0.489 e. The molecule has 5 heteroatoms. The molecule has 0 bridgehead atoms. The maximum atomic E-state index is 10.5. The van der Waals surface area contributed by atoms with Crippen LogP contribution in [0, 0.1) is 0 Å². The SMILES string of the molecule is CC(C)Oc1ccccc1NCC(N)CC(=O)O. The van der Waals surface area contributed by atoms with Gasteiger partial charge in [-0.05, 0) is 26.0 Å². The molecule has 1 aromatic carbocycles. The number of carboxylic acid groups (broad SMARTS) is 1. The van der Waals surface area contributed by atoms with E-state index in [4.69, 9.17) is 15.6 Å². The average Bonchev–Trinajstić information content (AvgIpc) is 2.26. The zero-order chi connectivity index (χ0) is 13.5. The van der Waals surface area contributed by atoms with E-state index in [1.165, 1.54) is 0 Å². The summed E-state index contributed by atoms with van der Waals surface area (Å²) in [7, 11) is 0. The van der Waals surface area contributed by atoms with Crippen molar-refractivity contribution >= 4 is 11.7 Å². The minimum atomic E-state index is -0.893. The molecule has 0 spiro atoms. The van der Waals surface area contributed by atoms with Crippen LogP contribution in [-0.2, 0) is 4.79 Å². The van der Waals surface area contributed by atoms with E-state index in [0.29, 0.717) is 6.54 Å². The molecule has 0 amide bonds. The molecule has 0 saturated carbocycles. The predicted molar refractivity (Wildman–Crippen MR) is 70.9 cm³/mol. The number of carbonyl (C=O) groups is 1. The number of hydrogen-bond donors (Lipinski definition) is 3. The first kappa shape index (κ1) is 14.3. The van der Waals surface area contributed by atoms with Gasteiger partial charge in [0.2, 0.25) is 0 Å². The first-order valence-electron chi connectivity index (χ1n) is 5.96. The van der Waals surface area contributed by atoms with Gasteiger partial charge in [-0.3, -0.25) is 4.79 Å². The molecule has 1 aromatic rings. The van der Waals surface area contributed by atoms with E-state index in [2.05, 4.69) is 5.32 Å². The lowest BCUT2D eigenvalue weighted by atomic mass is 10.2. The highest BCUT2D eigenvalue weighted by atomic mass is 16.5. The van der Waals surface area contributed by atoms with E-state index >= 15 is 0 Å². The molecule has 1 unspecified atom stereocenters. The summed E-state index contributed by atoms with van der Waals surface area (Å²) < 4.78 is 5.64. The van der Waals surface area contributed by atoms with E-state index in [-0.39, 0.29) is 12.5 Å². The van der Waals surface area contributed by atoms with Crippen molar-refractivity contribution in [2.24, 2.45) is 5.73 Å². The van der Waals surface area contributed by atoms with Gasteiger partial charge in [0.05, 0.1) is 18.2 Å². The molecule has 1 rings (SSSR count). The molecule has 0 heterocycles. The Bertz CT molecular complexity index is 394. The third-order valence-electron chi connectivity index (χ3n) is 2.24. The van der Waals surface area contributed by atoms with Gasteiger partial charge in [0, 0.05) is 12.6 Å². The molecule has 0 fully saturated rings. The van der Waals surface area contributed by atoms with Crippen molar-refractivity contribution < 1.29 is 14.6 Å². The monoisotopic (exact) mass is 252 g/mol. The Hall–Kier alpha value is -1.75. The van der Waals surface area contributed by atoms with Crippen LogP contribution in [0.3, 0.4) is 0 Å². The molecule has 4 N–H and O–H groups in total. The molecule has 0 radical (unpaired) electrons. The smallest absolute Gasteiger partial charge is 0.304 e. The summed E-state index contributed by atoms with van der Waals surface area (Å²) >= 11 is 0. The van der Waals surface area contributed by atoms with Gasteiger partial charge in [-0.15, -0.1) is 0 Å². The maximum Gasteiger partial charge on any atom is 0.304 e. The minimum absolute atomic E-state index is 0.0554. The Labute approximate surface area is 107 Å². The average molecular weight is 252 g/mol. The Balaban J connectivity index is 2.58. The fourth-order valence-corrected chi connectivity index (χ4v) is 1.51. The summed E-state index contributed by atoms with van der Waals surface area (Å²) in [4.78, 5) is 10.5. The van der Waals surface area contributed by atoms with Crippen LogP contribution >= 0.6 is 0 Å². The lowest BCUT2D eigenvalue weighted by molar-refractivity contribution is -0.137. The second kappa shape index (κ2) is 6.86. The van der Waals surface area contributed by atoms with E-state index < -0.39 is 12.0 Å². The molecule has 0 aliphatic rings. The number of ether oxygens (including phenoxy) is 1. The van der Waals surface area contributed by atoms with Gasteiger partial charge >= 0.3 is 5.97 Å². The Morgan fingerprint density at radius 3 is 2.72 bits per heavy atom. The van der Waals surface area contributed by atoms with Crippen LogP contribution in [0.5, 0.6) is 5.75 Å². The molecular weight excluding hydrogens is 232 g/mol. The normalized spacial score (nSPS) is 12.2. The number of aliphatic carboxylic acids is 1. The second-order valence-electron chi connectivity index (χ2n) is 4.40. The van der Waals surface area contributed by atoms with Gasteiger partial charge in [0.25, 0.3) is 0 Å². The van der Waals surface area contributed by atoms with Gasteiger partial charge in [-0.25, -0.2) is 0 Å². The van der Waals surface area contributed by atoms with Crippen LogP contribution in [0.1, 0.15) is 20.3 Å². The summed E-state index contributed by atoms with van der Waals surface area (Å²) in [6.45, 7) is 4.30. The first-order valence-corrected chi connectivity index (χ1v) is 5.96. The van der Waals surface area contributed by atoms with E-state index in [1.54, 1.807) is 0 Å². The van der Waals surface area contributed by atoms with Crippen molar-refractivity contribution in [1.29, 1.82) is 0 Å². The van der Waals surface area contributed by atoms with Crippen LogP contribution < -0.4 is 15.8 Å². The molecular formula is C13H20N2O3. The van der Waals surface area contributed by atoms with E-state index in [0.717, 1.165) is 11.4 Å². The fraction of sp³-hybridized carbons (Fsp3) is 0.462. The third kappa shape index (κ3) is 5.05. The number of hydrogen-bond acceptors (Lipinski definition) is 4. The fourth-order valence-electron chi connectivity index (χ4n) is 1.51. The predicted octanol–water partition coefficient (Wildman–Crippen LogP) is 1.69. The van der Waals surface area contributed by atoms with Crippen molar-refractivity contribution in [2.75, 3.05) is 11.9 Å². The van der Waals surface area contributed by atoms with E-state index in [9.17, 15) is 4.79 Å². The molecule has 1 atom stereocenters. The number of carboxylic acids is 1. The number of para-hydroxylation sites is 2. The molecule has 0 saturated heterocycles.